The van der Waals surface area contributed by atoms with Crippen molar-refractivity contribution in [3.63, 3.8) is 0 Å². The lowest BCUT2D eigenvalue weighted by Gasteiger charge is -1.97. The third-order valence-electron chi connectivity index (χ3n) is 1.52. The Morgan fingerprint density at radius 1 is 1.62 bits per heavy atom. The van der Waals surface area contributed by atoms with Gasteiger partial charge in [-0.05, 0) is 11.6 Å². The fourth-order valence-electron chi connectivity index (χ4n) is 0.925. The fraction of sp³-hybridized carbons (Fsp3) is 0.125. The number of nitro groups is 1. The van der Waals surface area contributed by atoms with E-state index >= 15 is 0 Å². The first-order valence-electron chi connectivity index (χ1n) is 3.48. The highest BCUT2D eigenvalue weighted by atomic mass is 16.6. The van der Waals surface area contributed by atoms with Gasteiger partial charge in [-0.3, -0.25) is 10.1 Å². The largest absolute Gasteiger partial charge is 0.502 e. The zero-order valence-corrected chi connectivity index (χ0v) is 6.60. The highest BCUT2D eigenvalue weighted by Gasteiger charge is 2.12. The van der Waals surface area contributed by atoms with Crippen molar-refractivity contribution < 1.29 is 10.0 Å². The Morgan fingerprint density at radius 3 is 2.77 bits per heavy atom. The van der Waals surface area contributed by atoms with Crippen molar-refractivity contribution in [3.8, 4) is 11.8 Å². The third kappa shape index (κ3) is 1.93. The lowest BCUT2D eigenvalue weighted by atomic mass is 10.1. The van der Waals surface area contributed by atoms with Gasteiger partial charge in [-0.25, -0.2) is 0 Å². The second-order valence-electron chi connectivity index (χ2n) is 2.42. The Hall–Kier alpha value is -2.09. The average molecular weight is 178 g/mol. The van der Waals surface area contributed by atoms with Crippen LogP contribution in [0, 0.1) is 21.4 Å². The summed E-state index contributed by atoms with van der Waals surface area (Å²) in [5, 5.41) is 27.7. The number of hydrogen-bond acceptors (Lipinski definition) is 4. The van der Waals surface area contributed by atoms with Gasteiger partial charge in [0.1, 0.15) is 0 Å². The molecule has 1 aromatic carbocycles. The molecule has 0 spiro atoms. The van der Waals surface area contributed by atoms with Gasteiger partial charge in [0, 0.05) is 6.07 Å². The van der Waals surface area contributed by atoms with Crippen LogP contribution < -0.4 is 0 Å². The number of phenolic OH excluding ortho intramolecular Hbond substituents is 1. The molecule has 0 saturated heterocycles. The Morgan fingerprint density at radius 2 is 2.31 bits per heavy atom. The van der Waals surface area contributed by atoms with Crippen LogP contribution in [0.15, 0.2) is 18.2 Å². The van der Waals surface area contributed by atoms with Crippen LogP contribution in [-0.4, -0.2) is 10.0 Å². The number of hydrogen-bond donors (Lipinski definition) is 1. The van der Waals surface area contributed by atoms with E-state index in [0.29, 0.717) is 5.56 Å². The summed E-state index contributed by atoms with van der Waals surface area (Å²) in [7, 11) is 0. The summed E-state index contributed by atoms with van der Waals surface area (Å²) in [6.45, 7) is 0. The predicted molar refractivity (Wildman–Crippen MR) is 44.1 cm³/mol. The molecule has 0 aliphatic rings. The fourth-order valence-corrected chi connectivity index (χ4v) is 0.925. The van der Waals surface area contributed by atoms with Gasteiger partial charge in [0.05, 0.1) is 17.4 Å². The van der Waals surface area contributed by atoms with E-state index in [-0.39, 0.29) is 12.1 Å². The summed E-state index contributed by atoms with van der Waals surface area (Å²) >= 11 is 0. The topological polar surface area (TPSA) is 87.2 Å². The maximum atomic E-state index is 10.3. The number of nitro benzene ring substituents is 1. The maximum Gasteiger partial charge on any atom is 0.310 e. The van der Waals surface area contributed by atoms with Crippen molar-refractivity contribution in [2.45, 2.75) is 6.42 Å². The van der Waals surface area contributed by atoms with Crippen LogP contribution in [0.1, 0.15) is 5.56 Å². The molecule has 0 aliphatic heterocycles. The number of nitriles is 1. The molecule has 0 heterocycles. The minimum Gasteiger partial charge on any atom is -0.502 e. The quantitative estimate of drug-likeness (QED) is 0.547. The van der Waals surface area contributed by atoms with Crippen molar-refractivity contribution in [2.24, 2.45) is 0 Å². The first kappa shape index (κ1) is 9.00. The summed E-state index contributed by atoms with van der Waals surface area (Å²) in [5.74, 6) is -0.405. The normalized spacial score (nSPS) is 9.15. The van der Waals surface area contributed by atoms with Gasteiger partial charge >= 0.3 is 5.69 Å². The Labute approximate surface area is 74.0 Å². The second kappa shape index (κ2) is 3.54. The van der Waals surface area contributed by atoms with Crippen molar-refractivity contribution in [2.75, 3.05) is 0 Å². The van der Waals surface area contributed by atoms with E-state index in [4.69, 9.17) is 10.4 Å². The summed E-state index contributed by atoms with van der Waals surface area (Å²) in [4.78, 5) is 9.60. The zero-order valence-electron chi connectivity index (χ0n) is 6.60. The van der Waals surface area contributed by atoms with Crippen LogP contribution in [0.5, 0.6) is 5.75 Å². The van der Waals surface area contributed by atoms with E-state index < -0.39 is 10.7 Å². The molecule has 0 atom stereocenters. The molecule has 1 rings (SSSR count). The molecule has 0 radical (unpaired) electrons. The van der Waals surface area contributed by atoms with E-state index in [1.165, 1.54) is 18.2 Å². The highest BCUT2D eigenvalue weighted by Crippen LogP contribution is 2.26. The van der Waals surface area contributed by atoms with Gasteiger partial charge in [-0.15, -0.1) is 0 Å². The van der Waals surface area contributed by atoms with E-state index in [0.717, 1.165) is 0 Å². The monoisotopic (exact) mass is 178 g/mol. The molecule has 0 amide bonds. The van der Waals surface area contributed by atoms with Crippen LogP contribution in [-0.2, 0) is 6.42 Å². The van der Waals surface area contributed by atoms with Crippen LogP contribution in [0.3, 0.4) is 0 Å². The first-order chi connectivity index (χ1) is 6.15. The lowest BCUT2D eigenvalue weighted by molar-refractivity contribution is -0.385. The molecule has 5 heteroatoms. The van der Waals surface area contributed by atoms with Crippen molar-refractivity contribution in [3.05, 3.63) is 33.9 Å². The number of aromatic hydroxyl groups is 1. The molecule has 0 unspecified atom stereocenters. The van der Waals surface area contributed by atoms with Crippen LogP contribution in [0.4, 0.5) is 5.69 Å². The SMILES string of the molecule is N#CCc1ccc([N+](=O)[O-])c(O)c1. The van der Waals surface area contributed by atoms with E-state index in [2.05, 4.69) is 0 Å². The van der Waals surface area contributed by atoms with Crippen molar-refractivity contribution >= 4 is 5.69 Å². The van der Waals surface area contributed by atoms with Gasteiger partial charge in [-0.2, -0.15) is 5.26 Å². The van der Waals surface area contributed by atoms with Crippen LogP contribution >= 0.6 is 0 Å². The standard InChI is InChI=1S/C8H6N2O3/c9-4-3-6-1-2-7(10(12)13)8(11)5-6/h1-2,5,11H,3H2. The van der Waals surface area contributed by atoms with E-state index in [1.54, 1.807) is 0 Å². The molecular weight excluding hydrogens is 172 g/mol. The molecule has 1 aromatic rings. The molecule has 0 saturated carbocycles. The number of phenols is 1. The number of rotatable bonds is 2. The summed E-state index contributed by atoms with van der Waals surface area (Å²) < 4.78 is 0. The van der Waals surface area contributed by atoms with Crippen molar-refractivity contribution in [1.82, 2.24) is 0 Å². The zero-order chi connectivity index (χ0) is 9.84. The first-order valence-corrected chi connectivity index (χ1v) is 3.48. The minimum atomic E-state index is -0.675. The Kier molecular flexibility index (Phi) is 2.45. The second-order valence-corrected chi connectivity index (χ2v) is 2.42. The average Bonchev–Trinajstić information content (AvgIpc) is 2.04. The molecule has 0 aromatic heterocycles. The van der Waals surface area contributed by atoms with Crippen LogP contribution in [0.2, 0.25) is 0 Å². The van der Waals surface area contributed by atoms with Gasteiger partial charge in [0.15, 0.2) is 5.75 Å². The molecule has 0 fully saturated rings. The van der Waals surface area contributed by atoms with Gasteiger partial charge in [0.25, 0.3) is 0 Å². The summed E-state index contributed by atoms with van der Waals surface area (Å²) in [6, 6.07) is 5.73. The Balaban J connectivity index is 3.07. The maximum absolute atomic E-state index is 10.3. The molecule has 0 bridgehead atoms. The molecule has 13 heavy (non-hydrogen) atoms. The molecular formula is C8H6N2O3. The predicted octanol–water partition coefficient (Wildman–Crippen LogP) is 1.37. The molecule has 0 aliphatic carbocycles. The van der Waals surface area contributed by atoms with Crippen molar-refractivity contribution in [1.29, 1.82) is 5.26 Å². The van der Waals surface area contributed by atoms with E-state index in [9.17, 15) is 10.1 Å². The molecule has 1 N–H and O–H groups in total. The summed E-state index contributed by atoms with van der Waals surface area (Å²) in [5.41, 5.74) is 0.215. The number of benzene rings is 1. The van der Waals surface area contributed by atoms with Crippen LogP contribution in [0.25, 0.3) is 0 Å². The van der Waals surface area contributed by atoms with Gasteiger partial charge in [-0.1, -0.05) is 6.07 Å². The smallest absolute Gasteiger partial charge is 0.310 e. The number of nitrogens with zero attached hydrogens (tertiary/aromatic N) is 2. The Bertz CT molecular complexity index is 381. The molecule has 5 nitrogen and oxygen atoms in total. The molecule has 66 valence electrons. The van der Waals surface area contributed by atoms with E-state index in [1.807, 2.05) is 6.07 Å². The lowest BCUT2D eigenvalue weighted by Crippen LogP contribution is -1.89. The minimum absolute atomic E-state index is 0.131. The van der Waals surface area contributed by atoms with Gasteiger partial charge < -0.3 is 5.11 Å². The highest BCUT2D eigenvalue weighted by molar-refractivity contribution is 5.47. The summed E-state index contributed by atoms with van der Waals surface area (Å²) in [6.07, 6.45) is 0.131. The van der Waals surface area contributed by atoms with Gasteiger partial charge in [0.2, 0.25) is 0 Å². The third-order valence-corrected chi connectivity index (χ3v) is 1.52.